The Morgan fingerprint density at radius 2 is 2.00 bits per heavy atom. The molecule has 152 valence electrons. The minimum Gasteiger partial charge on any atom is -0.354 e. The summed E-state index contributed by atoms with van der Waals surface area (Å²) in [7, 11) is -0.253. The molecule has 0 saturated heterocycles. The highest BCUT2D eigenvalue weighted by Crippen LogP contribution is 2.27. The van der Waals surface area contributed by atoms with E-state index in [9.17, 15) is 8.42 Å². The van der Waals surface area contributed by atoms with E-state index in [1.54, 1.807) is 25.2 Å². The fraction of sp³-hybridized carbons (Fsp3) is 0.650. The van der Waals surface area contributed by atoms with Gasteiger partial charge in [-0.1, -0.05) is 44.2 Å². The van der Waals surface area contributed by atoms with Crippen LogP contribution in [0.5, 0.6) is 0 Å². The van der Waals surface area contributed by atoms with E-state index in [0.717, 1.165) is 23.9 Å². The van der Waals surface area contributed by atoms with Gasteiger partial charge in [-0.25, -0.2) is 13.1 Å². The van der Waals surface area contributed by atoms with Crippen molar-refractivity contribution >= 4 is 16.0 Å². The molecule has 1 aromatic rings. The summed E-state index contributed by atoms with van der Waals surface area (Å²) in [6.45, 7) is 2.71. The maximum absolute atomic E-state index is 11.9. The number of sulfonamides is 1. The van der Waals surface area contributed by atoms with Crippen molar-refractivity contribution in [2.45, 2.75) is 69.4 Å². The number of rotatable bonds is 8. The monoisotopic (exact) mass is 394 g/mol. The van der Waals surface area contributed by atoms with Gasteiger partial charge in [0.1, 0.15) is 0 Å². The van der Waals surface area contributed by atoms with Crippen LogP contribution in [-0.4, -0.2) is 34.5 Å². The van der Waals surface area contributed by atoms with Crippen molar-refractivity contribution in [1.29, 1.82) is 0 Å². The number of benzene rings is 1. The SMILES string of the molecule is CN=C(NCc1cccc(S(=O)(=O)NC)c1)NC(C)CCC1CCCCC1. The first-order valence-corrected chi connectivity index (χ1v) is 11.4. The van der Waals surface area contributed by atoms with E-state index in [1.807, 2.05) is 6.07 Å². The molecule has 1 aromatic carbocycles. The molecule has 1 atom stereocenters. The predicted octanol–water partition coefficient (Wildman–Crippen LogP) is 3.01. The molecule has 0 radical (unpaired) electrons. The van der Waals surface area contributed by atoms with Crippen molar-refractivity contribution in [3.05, 3.63) is 29.8 Å². The molecule has 0 spiro atoms. The fourth-order valence-electron chi connectivity index (χ4n) is 3.59. The summed E-state index contributed by atoms with van der Waals surface area (Å²) in [5, 5.41) is 6.72. The zero-order chi connectivity index (χ0) is 19.7. The van der Waals surface area contributed by atoms with Crippen LogP contribution in [0, 0.1) is 5.92 Å². The van der Waals surface area contributed by atoms with Crippen molar-refractivity contribution in [2.24, 2.45) is 10.9 Å². The minimum absolute atomic E-state index is 0.271. The lowest BCUT2D eigenvalue weighted by Gasteiger charge is -2.24. The fourth-order valence-corrected chi connectivity index (χ4v) is 4.39. The summed E-state index contributed by atoms with van der Waals surface area (Å²) in [4.78, 5) is 4.56. The summed E-state index contributed by atoms with van der Waals surface area (Å²) in [6.07, 6.45) is 9.35. The Hall–Kier alpha value is -1.60. The summed E-state index contributed by atoms with van der Waals surface area (Å²) < 4.78 is 26.2. The third-order valence-electron chi connectivity index (χ3n) is 5.28. The molecule has 1 fully saturated rings. The van der Waals surface area contributed by atoms with Crippen molar-refractivity contribution in [1.82, 2.24) is 15.4 Å². The van der Waals surface area contributed by atoms with E-state index < -0.39 is 10.0 Å². The Morgan fingerprint density at radius 1 is 1.26 bits per heavy atom. The van der Waals surface area contributed by atoms with E-state index in [0.29, 0.717) is 12.6 Å². The average molecular weight is 395 g/mol. The third-order valence-corrected chi connectivity index (χ3v) is 6.69. The lowest BCUT2D eigenvalue weighted by Crippen LogP contribution is -2.42. The first-order valence-electron chi connectivity index (χ1n) is 9.94. The third kappa shape index (κ3) is 7.14. The number of hydrogen-bond donors (Lipinski definition) is 3. The van der Waals surface area contributed by atoms with Crippen molar-refractivity contribution < 1.29 is 8.42 Å². The number of guanidine groups is 1. The van der Waals surface area contributed by atoms with Crippen LogP contribution in [0.2, 0.25) is 0 Å². The Balaban J connectivity index is 1.82. The maximum Gasteiger partial charge on any atom is 0.240 e. The zero-order valence-electron chi connectivity index (χ0n) is 16.8. The normalized spacial score (nSPS) is 17.5. The highest BCUT2D eigenvalue weighted by atomic mass is 32.2. The molecule has 27 heavy (non-hydrogen) atoms. The van der Waals surface area contributed by atoms with E-state index in [-0.39, 0.29) is 4.90 Å². The topological polar surface area (TPSA) is 82.6 Å². The highest BCUT2D eigenvalue weighted by molar-refractivity contribution is 7.89. The molecule has 0 aliphatic heterocycles. The highest BCUT2D eigenvalue weighted by Gasteiger charge is 2.15. The molecular formula is C20H34N4O2S. The van der Waals surface area contributed by atoms with Gasteiger partial charge in [0.2, 0.25) is 10.0 Å². The van der Waals surface area contributed by atoms with Crippen LogP contribution in [-0.2, 0) is 16.6 Å². The van der Waals surface area contributed by atoms with Crippen LogP contribution in [0.3, 0.4) is 0 Å². The molecule has 7 heteroatoms. The molecule has 1 aliphatic carbocycles. The Kier molecular flexibility index (Phi) is 8.57. The first kappa shape index (κ1) is 21.7. The first-order chi connectivity index (χ1) is 12.9. The lowest BCUT2D eigenvalue weighted by atomic mass is 9.85. The van der Waals surface area contributed by atoms with Crippen molar-refractivity contribution in [3.8, 4) is 0 Å². The average Bonchev–Trinajstić information content (AvgIpc) is 2.70. The molecule has 1 unspecified atom stereocenters. The number of aliphatic imine (C=N–C) groups is 1. The molecule has 3 N–H and O–H groups in total. The maximum atomic E-state index is 11.9. The molecule has 0 aromatic heterocycles. The molecule has 2 rings (SSSR count). The van der Waals surface area contributed by atoms with Crippen LogP contribution in [0.1, 0.15) is 57.4 Å². The van der Waals surface area contributed by atoms with Gasteiger partial charge in [0, 0.05) is 19.6 Å². The Labute approximate surface area is 164 Å². The van der Waals surface area contributed by atoms with Crippen LogP contribution in [0.15, 0.2) is 34.2 Å². The van der Waals surface area contributed by atoms with Gasteiger partial charge in [0.25, 0.3) is 0 Å². The number of nitrogens with zero attached hydrogens (tertiary/aromatic N) is 1. The Bertz CT molecular complexity index is 712. The van der Waals surface area contributed by atoms with Crippen LogP contribution in [0.25, 0.3) is 0 Å². The second kappa shape index (κ2) is 10.7. The number of hydrogen-bond acceptors (Lipinski definition) is 3. The summed E-state index contributed by atoms with van der Waals surface area (Å²) >= 11 is 0. The molecule has 0 amide bonds. The van der Waals surface area contributed by atoms with E-state index >= 15 is 0 Å². The largest absolute Gasteiger partial charge is 0.354 e. The van der Waals surface area contributed by atoms with Crippen molar-refractivity contribution in [2.75, 3.05) is 14.1 Å². The summed E-state index contributed by atoms with van der Waals surface area (Å²) in [5.74, 6) is 1.63. The smallest absolute Gasteiger partial charge is 0.240 e. The second-order valence-electron chi connectivity index (χ2n) is 7.41. The van der Waals surface area contributed by atoms with E-state index in [1.165, 1.54) is 45.6 Å². The molecular weight excluding hydrogens is 360 g/mol. The zero-order valence-corrected chi connectivity index (χ0v) is 17.6. The Morgan fingerprint density at radius 3 is 2.67 bits per heavy atom. The van der Waals surface area contributed by atoms with Gasteiger partial charge in [-0.3, -0.25) is 4.99 Å². The molecule has 0 bridgehead atoms. The van der Waals surface area contributed by atoms with Gasteiger partial charge in [-0.05, 0) is 50.4 Å². The summed E-state index contributed by atoms with van der Waals surface area (Å²) in [6, 6.07) is 7.29. The van der Waals surface area contributed by atoms with E-state index in [4.69, 9.17) is 0 Å². The van der Waals surface area contributed by atoms with Crippen LogP contribution in [0.4, 0.5) is 0 Å². The molecule has 1 saturated carbocycles. The van der Waals surface area contributed by atoms with Gasteiger partial charge < -0.3 is 10.6 Å². The van der Waals surface area contributed by atoms with E-state index in [2.05, 4.69) is 27.3 Å². The molecule has 1 aliphatic rings. The van der Waals surface area contributed by atoms with Crippen molar-refractivity contribution in [3.63, 3.8) is 0 Å². The van der Waals surface area contributed by atoms with Crippen LogP contribution >= 0.6 is 0 Å². The predicted molar refractivity (Wildman–Crippen MR) is 111 cm³/mol. The van der Waals surface area contributed by atoms with Gasteiger partial charge in [-0.2, -0.15) is 0 Å². The molecule has 0 heterocycles. The van der Waals surface area contributed by atoms with Gasteiger partial charge in [0.05, 0.1) is 4.90 Å². The number of nitrogens with one attached hydrogen (secondary N) is 3. The standard InChI is InChI=1S/C20H34N4O2S/c1-16(12-13-17-8-5-4-6-9-17)24-20(21-2)23-15-18-10-7-11-19(14-18)27(25,26)22-3/h7,10-11,14,16-17,22H,4-6,8-9,12-13,15H2,1-3H3,(H2,21,23,24). The van der Waals surface area contributed by atoms with Gasteiger partial charge in [0.15, 0.2) is 5.96 Å². The second-order valence-corrected chi connectivity index (χ2v) is 9.29. The van der Waals surface area contributed by atoms with Crippen LogP contribution < -0.4 is 15.4 Å². The van der Waals surface area contributed by atoms with Gasteiger partial charge >= 0.3 is 0 Å². The summed E-state index contributed by atoms with van der Waals surface area (Å²) in [5.41, 5.74) is 0.893. The quantitative estimate of drug-likeness (QED) is 0.468. The molecule has 6 nitrogen and oxygen atoms in total. The van der Waals surface area contributed by atoms with Gasteiger partial charge in [-0.15, -0.1) is 0 Å². The minimum atomic E-state index is -3.43. The lowest BCUT2D eigenvalue weighted by molar-refractivity contribution is 0.322.